The van der Waals surface area contributed by atoms with Crippen molar-refractivity contribution in [3.05, 3.63) is 0 Å². The maximum atomic E-state index is 10.7. The van der Waals surface area contributed by atoms with Crippen LogP contribution >= 0.6 is 11.8 Å². The summed E-state index contributed by atoms with van der Waals surface area (Å²) in [5.74, 6) is -0.0294. The number of rotatable bonds is 4. The summed E-state index contributed by atoms with van der Waals surface area (Å²) in [4.78, 5) is 20.9. The normalized spacial score (nSPS) is 9.27. The van der Waals surface area contributed by atoms with E-state index in [4.69, 9.17) is 0 Å². The second-order valence-corrected chi connectivity index (χ2v) is 3.05. The molecule has 0 spiro atoms. The first-order valence-corrected chi connectivity index (χ1v) is 4.76. The minimum atomic E-state index is -0.529. The molecule has 0 atom stereocenters. The fourth-order valence-corrected chi connectivity index (χ4v) is 1.01. The van der Waals surface area contributed by atoms with Gasteiger partial charge in [0.2, 0.25) is 0 Å². The molecule has 0 bridgehead atoms. The van der Waals surface area contributed by atoms with Crippen molar-refractivity contribution in [2.24, 2.45) is 0 Å². The summed E-state index contributed by atoms with van der Waals surface area (Å²) >= 11 is 1.67. The molecule has 0 amide bonds. The lowest BCUT2D eigenvalue weighted by atomic mass is 10.3. The number of hydrogen-bond donors (Lipinski definition) is 0. The quantitative estimate of drug-likeness (QED) is 0.367. The van der Waals surface area contributed by atoms with E-state index < -0.39 is 11.9 Å². The first-order valence-electron chi connectivity index (χ1n) is 3.37. The van der Waals surface area contributed by atoms with Gasteiger partial charge in [0, 0.05) is 13.3 Å². The third-order valence-electron chi connectivity index (χ3n) is 0.987. The molecule has 0 aromatic rings. The number of esters is 2. The number of carbonyl (C=O) groups is 2. The molecule has 0 N–H and O–H groups in total. The molecule has 0 aromatic carbocycles. The Morgan fingerprint density at radius 1 is 1.45 bits per heavy atom. The van der Waals surface area contributed by atoms with Crippen LogP contribution in [0.5, 0.6) is 0 Å². The van der Waals surface area contributed by atoms with Crippen LogP contribution in [-0.2, 0) is 14.3 Å². The fourth-order valence-electron chi connectivity index (χ4n) is 0.572. The van der Waals surface area contributed by atoms with Crippen molar-refractivity contribution < 1.29 is 14.3 Å². The molecular formula is C7H12O3S. The standard InChI is InChI=1S/C7H12O3S/c1-6(8)10-7(9)4-3-5-11-2/h3-5H2,1-2H3. The van der Waals surface area contributed by atoms with Crippen LogP contribution in [0.25, 0.3) is 0 Å². The van der Waals surface area contributed by atoms with E-state index in [1.165, 1.54) is 6.92 Å². The molecule has 4 heteroatoms. The number of hydrogen-bond acceptors (Lipinski definition) is 4. The molecule has 0 heterocycles. The first kappa shape index (κ1) is 10.5. The Morgan fingerprint density at radius 3 is 2.55 bits per heavy atom. The van der Waals surface area contributed by atoms with E-state index in [1.54, 1.807) is 11.8 Å². The highest BCUT2D eigenvalue weighted by molar-refractivity contribution is 7.98. The molecule has 0 radical (unpaired) electrons. The lowest BCUT2D eigenvalue weighted by Crippen LogP contribution is -2.08. The molecule has 0 aliphatic carbocycles. The van der Waals surface area contributed by atoms with Gasteiger partial charge in [0.15, 0.2) is 0 Å². The Labute approximate surface area is 70.5 Å². The van der Waals surface area contributed by atoms with E-state index in [2.05, 4.69) is 4.74 Å². The van der Waals surface area contributed by atoms with E-state index in [9.17, 15) is 9.59 Å². The summed E-state index contributed by atoms with van der Waals surface area (Å²) in [6, 6.07) is 0. The van der Waals surface area contributed by atoms with Crippen LogP contribution in [-0.4, -0.2) is 23.9 Å². The second-order valence-electron chi connectivity index (χ2n) is 2.06. The van der Waals surface area contributed by atoms with Gasteiger partial charge in [-0.15, -0.1) is 0 Å². The maximum Gasteiger partial charge on any atom is 0.313 e. The molecule has 64 valence electrons. The van der Waals surface area contributed by atoms with E-state index in [0.29, 0.717) is 6.42 Å². The maximum absolute atomic E-state index is 10.7. The minimum absolute atomic E-state index is 0.334. The summed E-state index contributed by atoms with van der Waals surface area (Å²) in [6.07, 6.45) is 3.07. The lowest BCUT2D eigenvalue weighted by molar-refractivity contribution is -0.157. The molecule has 0 aliphatic heterocycles. The molecule has 0 saturated carbocycles. The van der Waals surface area contributed by atoms with Gasteiger partial charge >= 0.3 is 11.9 Å². The predicted molar refractivity (Wildman–Crippen MR) is 44.4 cm³/mol. The molecule has 0 fully saturated rings. The summed E-state index contributed by atoms with van der Waals surface area (Å²) in [5.41, 5.74) is 0. The summed E-state index contributed by atoms with van der Waals surface area (Å²) < 4.78 is 4.31. The van der Waals surface area contributed by atoms with Gasteiger partial charge in [0.05, 0.1) is 0 Å². The third-order valence-corrected chi connectivity index (χ3v) is 1.68. The van der Waals surface area contributed by atoms with Crippen LogP contribution in [0, 0.1) is 0 Å². The van der Waals surface area contributed by atoms with E-state index >= 15 is 0 Å². The van der Waals surface area contributed by atoms with Gasteiger partial charge in [-0.3, -0.25) is 9.59 Å². The molecule has 0 saturated heterocycles. The van der Waals surface area contributed by atoms with Crippen LogP contribution in [0.1, 0.15) is 19.8 Å². The topological polar surface area (TPSA) is 43.4 Å². The lowest BCUT2D eigenvalue weighted by Gasteiger charge is -1.97. The Balaban J connectivity index is 3.30. The molecule has 11 heavy (non-hydrogen) atoms. The minimum Gasteiger partial charge on any atom is -0.393 e. The van der Waals surface area contributed by atoms with Gasteiger partial charge in [0.1, 0.15) is 0 Å². The average molecular weight is 176 g/mol. The zero-order chi connectivity index (χ0) is 8.69. The van der Waals surface area contributed by atoms with Gasteiger partial charge in [-0.2, -0.15) is 11.8 Å². The van der Waals surface area contributed by atoms with Crippen molar-refractivity contribution in [3.63, 3.8) is 0 Å². The van der Waals surface area contributed by atoms with Crippen molar-refractivity contribution in [2.45, 2.75) is 19.8 Å². The fraction of sp³-hybridized carbons (Fsp3) is 0.714. The highest BCUT2D eigenvalue weighted by atomic mass is 32.2. The van der Waals surface area contributed by atoms with E-state index in [0.717, 1.165) is 12.2 Å². The van der Waals surface area contributed by atoms with Gasteiger partial charge < -0.3 is 4.74 Å². The van der Waals surface area contributed by atoms with Crippen LogP contribution < -0.4 is 0 Å². The number of ether oxygens (including phenoxy) is 1. The van der Waals surface area contributed by atoms with Crippen molar-refractivity contribution in [2.75, 3.05) is 12.0 Å². The van der Waals surface area contributed by atoms with E-state index in [1.807, 2.05) is 6.26 Å². The zero-order valence-corrected chi connectivity index (χ0v) is 7.57. The first-order chi connectivity index (χ1) is 5.16. The largest absolute Gasteiger partial charge is 0.393 e. The van der Waals surface area contributed by atoms with Crippen LogP contribution in [0.15, 0.2) is 0 Å². The molecule has 0 unspecified atom stereocenters. The Kier molecular flexibility index (Phi) is 5.93. The average Bonchev–Trinajstić information content (AvgIpc) is 1.86. The molecular weight excluding hydrogens is 164 g/mol. The molecule has 3 nitrogen and oxygen atoms in total. The van der Waals surface area contributed by atoms with Crippen molar-refractivity contribution in [1.82, 2.24) is 0 Å². The number of carbonyl (C=O) groups excluding carboxylic acids is 2. The number of thioether (sulfide) groups is 1. The summed E-state index contributed by atoms with van der Waals surface area (Å²) in [7, 11) is 0. The SMILES string of the molecule is CSCCCC(=O)OC(C)=O. The van der Waals surface area contributed by atoms with Gasteiger partial charge in [-0.05, 0) is 18.4 Å². The molecule has 0 aromatic heterocycles. The summed E-state index contributed by atoms with van der Waals surface area (Å²) in [6.45, 7) is 1.23. The Bertz CT molecular complexity index is 145. The molecule has 0 rings (SSSR count). The highest BCUT2D eigenvalue weighted by Gasteiger charge is 2.04. The Morgan fingerprint density at radius 2 is 2.09 bits per heavy atom. The van der Waals surface area contributed by atoms with Crippen LogP contribution in [0.4, 0.5) is 0 Å². The second kappa shape index (κ2) is 6.22. The van der Waals surface area contributed by atoms with Crippen molar-refractivity contribution >= 4 is 23.7 Å². The third kappa shape index (κ3) is 7.39. The summed E-state index contributed by atoms with van der Waals surface area (Å²) in [5, 5.41) is 0. The van der Waals surface area contributed by atoms with Gasteiger partial charge in [-0.1, -0.05) is 0 Å². The zero-order valence-electron chi connectivity index (χ0n) is 6.75. The molecule has 0 aliphatic rings. The smallest absolute Gasteiger partial charge is 0.313 e. The van der Waals surface area contributed by atoms with E-state index in [-0.39, 0.29) is 0 Å². The van der Waals surface area contributed by atoms with Gasteiger partial charge in [0.25, 0.3) is 0 Å². The monoisotopic (exact) mass is 176 g/mol. The highest BCUT2D eigenvalue weighted by Crippen LogP contribution is 2.00. The van der Waals surface area contributed by atoms with Crippen LogP contribution in [0.2, 0.25) is 0 Å². The predicted octanol–water partition coefficient (Wildman–Crippen LogP) is 1.22. The Hall–Kier alpha value is -0.510. The van der Waals surface area contributed by atoms with Crippen molar-refractivity contribution in [1.29, 1.82) is 0 Å². The van der Waals surface area contributed by atoms with Crippen LogP contribution in [0.3, 0.4) is 0 Å². The van der Waals surface area contributed by atoms with Crippen molar-refractivity contribution in [3.8, 4) is 0 Å². The van der Waals surface area contributed by atoms with Gasteiger partial charge in [-0.25, -0.2) is 0 Å².